The van der Waals surface area contributed by atoms with Gasteiger partial charge in [-0.15, -0.1) is 0 Å². The van der Waals surface area contributed by atoms with Crippen molar-refractivity contribution < 1.29 is 36.2 Å². The summed E-state index contributed by atoms with van der Waals surface area (Å²) in [7, 11) is -4.31. The minimum absolute atomic E-state index is 0.00346. The van der Waals surface area contributed by atoms with Gasteiger partial charge in [-0.25, -0.2) is 14.2 Å². The zero-order valence-corrected chi connectivity index (χ0v) is 27.2. The minimum Gasteiger partial charge on any atom is -0.458 e. The van der Waals surface area contributed by atoms with Crippen molar-refractivity contribution >= 4 is 78.1 Å². The number of hydrogen-bond acceptors (Lipinski definition) is 10. The van der Waals surface area contributed by atoms with E-state index >= 15 is 4.39 Å². The first-order chi connectivity index (χ1) is 22.0. The summed E-state index contributed by atoms with van der Waals surface area (Å²) in [5, 5.41) is 5.51. The first kappa shape index (κ1) is 31.3. The second-order valence-electron chi connectivity index (χ2n) is 11.8. The highest BCUT2D eigenvalue weighted by Crippen LogP contribution is 2.47. The molecule has 2 saturated heterocycles. The Bertz CT molecular complexity index is 1930. The Kier molecular flexibility index (Phi) is 8.20. The summed E-state index contributed by atoms with van der Waals surface area (Å²) in [6.07, 6.45) is 4.57. The summed E-state index contributed by atoms with van der Waals surface area (Å²) >= 11 is 14.2. The molecule has 3 atom stereocenters. The van der Waals surface area contributed by atoms with E-state index in [1.807, 2.05) is 0 Å². The van der Waals surface area contributed by atoms with Gasteiger partial charge >= 0.3 is 5.97 Å². The van der Waals surface area contributed by atoms with Gasteiger partial charge in [-0.1, -0.05) is 45.8 Å². The number of amides is 1. The number of benzene rings is 2. The van der Waals surface area contributed by atoms with Crippen molar-refractivity contribution in [2.24, 2.45) is 0 Å². The largest absolute Gasteiger partial charge is 0.458 e. The van der Waals surface area contributed by atoms with E-state index in [2.05, 4.69) is 15.0 Å². The normalized spacial score (nSPS) is 21.1. The number of nitrogens with zero attached hydrogens (tertiary/aromatic N) is 4. The second-order valence-corrected chi connectivity index (χ2v) is 15.2. The van der Waals surface area contributed by atoms with Gasteiger partial charge in [-0.3, -0.25) is 9.35 Å². The Labute approximate surface area is 277 Å². The number of ether oxygens (including phenoxy) is 1. The van der Waals surface area contributed by atoms with Crippen LogP contribution >= 0.6 is 34.5 Å². The standard InChI is InChI=1S/C30H27Cl2FN4O7S2/c31-20-2-1-3-21(32)24(20)27-25(28(44-35-27)15-4-5-15)29(39)43-19-10-16-6-7-17(11-19)37(16)30-34-26-22(33)12-18(13-23(26)45-30)36(14-38)8-9-46(40,41)42/h1-3,12-17,19H,4-11H2,(H,40,41,42)/t16-,17+,19-. The average Bonchev–Trinajstić information content (AvgIpc) is 3.49. The number of anilines is 2. The molecular formula is C30H27Cl2FN4O7S2. The number of esters is 1. The number of aromatic nitrogens is 2. The van der Waals surface area contributed by atoms with Crippen LogP contribution < -0.4 is 9.80 Å². The first-order valence-corrected chi connectivity index (χ1v) is 17.9. The maximum Gasteiger partial charge on any atom is 0.344 e. The van der Waals surface area contributed by atoms with Crippen LogP contribution in [0.15, 0.2) is 34.9 Å². The van der Waals surface area contributed by atoms with Gasteiger partial charge in [0.25, 0.3) is 10.1 Å². The Morgan fingerprint density at radius 1 is 1.17 bits per heavy atom. The van der Waals surface area contributed by atoms with E-state index in [9.17, 15) is 18.0 Å². The van der Waals surface area contributed by atoms with Crippen molar-refractivity contribution in [2.75, 3.05) is 22.1 Å². The Morgan fingerprint density at radius 2 is 1.87 bits per heavy atom. The van der Waals surface area contributed by atoms with Crippen LogP contribution in [-0.2, 0) is 19.6 Å². The molecule has 1 amide bonds. The van der Waals surface area contributed by atoms with Gasteiger partial charge in [-0.05, 0) is 49.9 Å². The number of carbonyl (C=O) groups excluding carboxylic acids is 2. The molecule has 3 fully saturated rings. The molecule has 2 aromatic carbocycles. The number of fused-ring (bicyclic) bond motifs is 3. The molecule has 2 aromatic heterocycles. The number of thiazole rings is 1. The molecule has 1 saturated carbocycles. The third kappa shape index (κ3) is 5.97. The molecule has 7 rings (SSSR count). The monoisotopic (exact) mass is 708 g/mol. The summed E-state index contributed by atoms with van der Waals surface area (Å²) in [5.41, 5.74) is 1.24. The van der Waals surface area contributed by atoms with Crippen molar-refractivity contribution in [3.8, 4) is 11.3 Å². The number of hydrogen-bond donors (Lipinski definition) is 1. The van der Waals surface area contributed by atoms with Crippen LogP contribution in [0.2, 0.25) is 10.0 Å². The van der Waals surface area contributed by atoms with Crippen LogP contribution in [0.1, 0.15) is 60.6 Å². The zero-order valence-electron chi connectivity index (χ0n) is 24.1. The summed E-state index contributed by atoms with van der Waals surface area (Å²) in [4.78, 5) is 33.1. The Hall–Kier alpha value is -3.30. The first-order valence-electron chi connectivity index (χ1n) is 14.7. The molecular weight excluding hydrogens is 682 g/mol. The molecule has 1 aliphatic carbocycles. The number of halogens is 3. The quantitative estimate of drug-likeness (QED) is 0.110. The maximum absolute atomic E-state index is 15.2. The Balaban J connectivity index is 1.10. The predicted molar refractivity (Wildman–Crippen MR) is 171 cm³/mol. The number of piperidine rings is 1. The predicted octanol–water partition coefficient (Wildman–Crippen LogP) is 6.48. The van der Waals surface area contributed by atoms with Crippen LogP contribution in [-0.4, -0.2) is 66.0 Å². The lowest BCUT2D eigenvalue weighted by Gasteiger charge is -2.38. The van der Waals surface area contributed by atoms with Crippen LogP contribution in [0, 0.1) is 5.82 Å². The van der Waals surface area contributed by atoms with E-state index in [1.165, 1.54) is 11.3 Å². The zero-order chi connectivity index (χ0) is 32.3. The molecule has 0 radical (unpaired) electrons. The summed E-state index contributed by atoms with van der Waals surface area (Å²) in [6, 6.07) is 7.77. The highest BCUT2D eigenvalue weighted by molar-refractivity contribution is 7.85. The third-order valence-electron chi connectivity index (χ3n) is 8.73. The topological polar surface area (TPSA) is 143 Å². The maximum atomic E-state index is 15.2. The molecule has 0 spiro atoms. The van der Waals surface area contributed by atoms with Crippen molar-refractivity contribution in [1.29, 1.82) is 0 Å². The summed E-state index contributed by atoms with van der Waals surface area (Å²) in [6.45, 7) is -0.334. The highest BCUT2D eigenvalue weighted by atomic mass is 35.5. The van der Waals surface area contributed by atoms with Crippen molar-refractivity contribution in [3.63, 3.8) is 0 Å². The lowest BCUT2D eigenvalue weighted by atomic mass is 9.99. The molecule has 1 N–H and O–H groups in total. The van der Waals surface area contributed by atoms with Crippen molar-refractivity contribution in [2.45, 2.75) is 62.6 Å². The van der Waals surface area contributed by atoms with E-state index < -0.39 is 27.7 Å². The van der Waals surface area contributed by atoms with Crippen LogP contribution in [0.5, 0.6) is 0 Å². The summed E-state index contributed by atoms with van der Waals surface area (Å²) < 4.78 is 58.8. The Morgan fingerprint density at radius 3 is 2.50 bits per heavy atom. The number of rotatable bonds is 10. The molecule has 2 bridgehead atoms. The van der Waals surface area contributed by atoms with Gasteiger partial charge in [0.1, 0.15) is 22.9 Å². The molecule has 3 aliphatic rings. The molecule has 4 heterocycles. The SMILES string of the molecule is O=CN(CCS(=O)(=O)O)c1cc(F)c2nc(N3[C@@H]4CC[C@H]3C[C@H](OC(=O)c3c(-c5c(Cl)cccc5Cl)noc3C3CC3)C4)sc2c1. The highest BCUT2D eigenvalue weighted by Gasteiger charge is 2.45. The summed E-state index contributed by atoms with van der Waals surface area (Å²) in [5.74, 6) is -1.30. The molecule has 46 heavy (non-hydrogen) atoms. The van der Waals surface area contributed by atoms with E-state index in [-0.39, 0.29) is 53.1 Å². The van der Waals surface area contributed by atoms with E-state index in [0.29, 0.717) is 50.5 Å². The lowest BCUT2D eigenvalue weighted by Crippen LogP contribution is -2.46. The van der Waals surface area contributed by atoms with Gasteiger partial charge in [0.15, 0.2) is 16.7 Å². The van der Waals surface area contributed by atoms with Gasteiger partial charge in [-0.2, -0.15) is 8.42 Å². The van der Waals surface area contributed by atoms with Crippen LogP contribution in [0.4, 0.5) is 15.2 Å². The van der Waals surface area contributed by atoms with E-state index in [0.717, 1.165) is 36.6 Å². The van der Waals surface area contributed by atoms with Crippen molar-refractivity contribution in [1.82, 2.24) is 10.1 Å². The second kappa shape index (κ2) is 12.1. The van der Waals surface area contributed by atoms with Gasteiger partial charge < -0.3 is 19.1 Å². The van der Waals surface area contributed by atoms with Gasteiger partial charge in [0, 0.05) is 48.6 Å². The van der Waals surface area contributed by atoms with Gasteiger partial charge in [0.05, 0.1) is 20.5 Å². The van der Waals surface area contributed by atoms with Gasteiger partial charge in [0.2, 0.25) is 6.41 Å². The fourth-order valence-corrected chi connectivity index (χ4v) is 8.62. The fourth-order valence-electron chi connectivity index (χ4n) is 6.46. The molecule has 4 aromatic rings. The van der Waals surface area contributed by atoms with Crippen LogP contribution in [0.25, 0.3) is 21.5 Å². The van der Waals surface area contributed by atoms with E-state index in [1.54, 1.807) is 24.3 Å². The molecule has 2 aliphatic heterocycles. The minimum atomic E-state index is -4.31. The number of carbonyl (C=O) groups is 2. The third-order valence-corrected chi connectivity index (χ3v) is 11.1. The average molecular weight is 710 g/mol. The van der Waals surface area contributed by atoms with Crippen molar-refractivity contribution in [3.05, 3.63) is 57.5 Å². The molecule has 242 valence electrons. The fraction of sp³-hybridized carbons (Fsp3) is 0.400. The molecule has 11 nitrogen and oxygen atoms in total. The molecule has 0 unspecified atom stereocenters. The molecule has 16 heteroatoms. The van der Waals surface area contributed by atoms with E-state index in [4.69, 9.17) is 37.0 Å². The lowest BCUT2D eigenvalue weighted by molar-refractivity contribution is -0.107. The van der Waals surface area contributed by atoms with Crippen LogP contribution in [0.3, 0.4) is 0 Å². The smallest absolute Gasteiger partial charge is 0.344 e.